The standard InChI is InChI=1S/C10H20O2.C8H16O2/c1-2-3-4-5-6-7-8-9-10(11)12;1-3-5-6-7(4-2)8(9)10/h2-9H2,1H3,(H,11,12);7H,3-6H2,1-2H3,(H,9,10). The molecule has 0 aromatic carbocycles. The van der Waals surface area contributed by atoms with Gasteiger partial charge in [-0.3, -0.25) is 9.59 Å². The molecular weight excluding hydrogens is 280 g/mol. The van der Waals surface area contributed by atoms with Gasteiger partial charge in [0.2, 0.25) is 0 Å². The second-order valence-corrected chi connectivity index (χ2v) is 5.85. The first-order valence-corrected chi connectivity index (χ1v) is 8.94. The first-order chi connectivity index (χ1) is 10.5. The van der Waals surface area contributed by atoms with Crippen LogP contribution in [0.1, 0.15) is 97.8 Å². The molecule has 0 rings (SSSR count). The van der Waals surface area contributed by atoms with Crippen LogP contribution in [0.4, 0.5) is 0 Å². The van der Waals surface area contributed by atoms with Crippen LogP contribution in [0.15, 0.2) is 0 Å². The van der Waals surface area contributed by atoms with Gasteiger partial charge in [-0.1, -0.05) is 72.1 Å². The van der Waals surface area contributed by atoms with Crippen LogP contribution in [0.25, 0.3) is 0 Å². The fourth-order valence-corrected chi connectivity index (χ4v) is 2.19. The molecule has 0 bridgehead atoms. The molecule has 0 aromatic rings. The first kappa shape index (κ1) is 23.2. The van der Waals surface area contributed by atoms with Gasteiger partial charge >= 0.3 is 11.9 Å². The van der Waals surface area contributed by atoms with Crippen molar-refractivity contribution in [1.82, 2.24) is 0 Å². The minimum atomic E-state index is -0.663. The molecule has 0 fully saturated rings. The Morgan fingerprint density at radius 1 is 0.773 bits per heavy atom. The van der Waals surface area contributed by atoms with Gasteiger partial charge in [-0.25, -0.2) is 0 Å². The van der Waals surface area contributed by atoms with Crippen LogP contribution in [0.2, 0.25) is 0 Å². The molecule has 0 aliphatic heterocycles. The van der Waals surface area contributed by atoms with E-state index in [1.807, 2.05) is 6.92 Å². The number of aliphatic carboxylic acids is 2. The van der Waals surface area contributed by atoms with E-state index in [2.05, 4.69) is 13.8 Å². The summed E-state index contributed by atoms with van der Waals surface area (Å²) in [5, 5.41) is 17.0. The molecular formula is C18H36O4. The van der Waals surface area contributed by atoms with E-state index in [0.717, 1.165) is 38.5 Å². The second-order valence-electron chi connectivity index (χ2n) is 5.85. The van der Waals surface area contributed by atoms with E-state index < -0.39 is 11.9 Å². The van der Waals surface area contributed by atoms with Crippen molar-refractivity contribution in [3.05, 3.63) is 0 Å². The number of rotatable bonds is 13. The number of hydrogen-bond donors (Lipinski definition) is 2. The summed E-state index contributed by atoms with van der Waals surface area (Å²) in [7, 11) is 0. The summed E-state index contributed by atoms with van der Waals surface area (Å²) >= 11 is 0. The van der Waals surface area contributed by atoms with Gasteiger partial charge in [0.25, 0.3) is 0 Å². The lowest BCUT2D eigenvalue weighted by atomic mass is 10.00. The number of hydrogen-bond acceptors (Lipinski definition) is 2. The zero-order valence-corrected chi connectivity index (χ0v) is 14.8. The molecule has 4 nitrogen and oxygen atoms in total. The Balaban J connectivity index is 0. The Morgan fingerprint density at radius 2 is 1.27 bits per heavy atom. The van der Waals surface area contributed by atoms with E-state index >= 15 is 0 Å². The Hall–Kier alpha value is -1.06. The van der Waals surface area contributed by atoms with E-state index in [9.17, 15) is 9.59 Å². The average molecular weight is 316 g/mol. The summed E-state index contributed by atoms with van der Waals surface area (Å²) in [6.07, 6.45) is 12.4. The summed E-state index contributed by atoms with van der Waals surface area (Å²) in [5.74, 6) is -1.42. The third-order valence-electron chi connectivity index (χ3n) is 3.74. The second kappa shape index (κ2) is 18.0. The predicted octanol–water partition coefficient (Wildman–Crippen LogP) is 5.50. The lowest BCUT2D eigenvalue weighted by Crippen LogP contribution is -2.11. The molecule has 0 aromatic heterocycles. The van der Waals surface area contributed by atoms with Crippen molar-refractivity contribution >= 4 is 11.9 Å². The molecule has 4 heteroatoms. The highest BCUT2D eigenvalue weighted by Crippen LogP contribution is 2.11. The van der Waals surface area contributed by atoms with Gasteiger partial charge in [0.1, 0.15) is 0 Å². The van der Waals surface area contributed by atoms with Crippen molar-refractivity contribution < 1.29 is 19.8 Å². The van der Waals surface area contributed by atoms with E-state index in [1.54, 1.807) is 0 Å². The molecule has 132 valence electrons. The lowest BCUT2D eigenvalue weighted by Gasteiger charge is -2.06. The van der Waals surface area contributed by atoms with Gasteiger partial charge in [-0.2, -0.15) is 0 Å². The highest BCUT2D eigenvalue weighted by atomic mass is 16.4. The van der Waals surface area contributed by atoms with Crippen molar-refractivity contribution in [3.8, 4) is 0 Å². The zero-order valence-electron chi connectivity index (χ0n) is 14.8. The van der Waals surface area contributed by atoms with Gasteiger partial charge in [0, 0.05) is 6.42 Å². The highest BCUT2D eigenvalue weighted by molar-refractivity contribution is 5.69. The maximum Gasteiger partial charge on any atom is 0.306 e. The minimum Gasteiger partial charge on any atom is -0.481 e. The molecule has 0 spiro atoms. The molecule has 0 saturated heterocycles. The van der Waals surface area contributed by atoms with Crippen molar-refractivity contribution in [2.24, 2.45) is 5.92 Å². The molecule has 1 atom stereocenters. The van der Waals surface area contributed by atoms with E-state index in [4.69, 9.17) is 10.2 Å². The van der Waals surface area contributed by atoms with Crippen molar-refractivity contribution in [1.29, 1.82) is 0 Å². The zero-order chi connectivity index (χ0) is 17.2. The number of carboxylic acid groups (broad SMARTS) is 2. The third kappa shape index (κ3) is 18.9. The van der Waals surface area contributed by atoms with Gasteiger partial charge in [0.05, 0.1) is 5.92 Å². The first-order valence-electron chi connectivity index (χ1n) is 8.94. The van der Waals surface area contributed by atoms with Gasteiger partial charge in [-0.15, -0.1) is 0 Å². The summed E-state index contributed by atoms with van der Waals surface area (Å²) in [6, 6.07) is 0. The lowest BCUT2D eigenvalue weighted by molar-refractivity contribution is -0.142. The largest absolute Gasteiger partial charge is 0.481 e. The number of carboxylic acids is 2. The number of carbonyl (C=O) groups is 2. The highest BCUT2D eigenvalue weighted by Gasteiger charge is 2.12. The summed E-state index contributed by atoms with van der Waals surface area (Å²) < 4.78 is 0. The maximum atomic E-state index is 10.4. The van der Waals surface area contributed by atoms with Crippen LogP contribution in [0.5, 0.6) is 0 Å². The van der Waals surface area contributed by atoms with E-state index in [1.165, 1.54) is 32.1 Å². The van der Waals surface area contributed by atoms with Crippen LogP contribution in [0.3, 0.4) is 0 Å². The SMILES string of the molecule is CCCCC(CC)C(=O)O.CCCCCCCCCC(=O)O. The van der Waals surface area contributed by atoms with Crippen molar-refractivity contribution in [2.45, 2.75) is 97.8 Å². The van der Waals surface area contributed by atoms with Crippen molar-refractivity contribution in [2.75, 3.05) is 0 Å². The molecule has 0 aliphatic carbocycles. The maximum absolute atomic E-state index is 10.4. The molecule has 0 amide bonds. The Bertz CT molecular complexity index is 264. The molecule has 0 heterocycles. The third-order valence-corrected chi connectivity index (χ3v) is 3.74. The minimum absolute atomic E-state index is 0.111. The van der Waals surface area contributed by atoms with Gasteiger partial charge in [0.15, 0.2) is 0 Å². The molecule has 0 radical (unpaired) electrons. The summed E-state index contributed by atoms with van der Waals surface area (Å²) in [6.45, 7) is 6.20. The van der Waals surface area contributed by atoms with Crippen LogP contribution >= 0.6 is 0 Å². The van der Waals surface area contributed by atoms with Crippen LogP contribution < -0.4 is 0 Å². The molecule has 0 saturated carbocycles. The molecule has 0 aliphatic rings. The fraction of sp³-hybridized carbons (Fsp3) is 0.889. The van der Waals surface area contributed by atoms with E-state index in [0.29, 0.717) is 6.42 Å². The summed E-state index contributed by atoms with van der Waals surface area (Å²) in [5.41, 5.74) is 0. The summed E-state index contributed by atoms with van der Waals surface area (Å²) in [4.78, 5) is 20.6. The molecule has 22 heavy (non-hydrogen) atoms. The smallest absolute Gasteiger partial charge is 0.306 e. The van der Waals surface area contributed by atoms with E-state index in [-0.39, 0.29) is 5.92 Å². The molecule has 2 N–H and O–H groups in total. The van der Waals surface area contributed by atoms with Crippen molar-refractivity contribution in [3.63, 3.8) is 0 Å². The fourth-order valence-electron chi connectivity index (χ4n) is 2.19. The Kier molecular flexibility index (Phi) is 19.0. The quantitative estimate of drug-likeness (QED) is 0.440. The van der Waals surface area contributed by atoms with Gasteiger partial charge in [-0.05, 0) is 19.3 Å². The van der Waals surface area contributed by atoms with Gasteiger partial charge < -0.3 is 10.2 Å². The van der Waals surface area contributed by atoms with Crippen LogP contribution in [-0.2, 0) is 9.59 Å². The average Bonchev–Trinajstić information content (AvgIpc) is 2.47. The van der Waals surface area contributed by atoms with Crippen LogP contribution in [-0.4, -0.2) is 22.2 Å². The number of unbranched alkanes of at least 4 members (excludes halogenated alkanes) is 7. The monoisotopic (exact) mass is 316 g/mol. The molecule has 1 unspecified atom stereocenters. The topological polar surface area (TPSA) is 74.6 Å². The normalized spacial score (nSPS) is 11.4. The Labute approximate surface area is 136 Å². The Morgan fingerprint density at radius 3 is 1.68 bits per heavy atom. The van der Waals surface area contributed by atoms with Crippen LogP contribution in [0, 0.1) is 5.92 Å². The predicted molar refractivity (Wildman–Crippen MR) is 91.2 cm³/mol.